The van der Waals surface area contributed by atoms with Crippen LogP contribution in [0.1, 0.15) is 32.1 Å². The maximum absolute atomic E-state index is 13.0. The van der Waals surface area contributed by atoms with E-state index >= 15 is 0 Å². The van der Waals surface area contributed by atoms with Gasteiger partial charge in [0.15, 0.2) is 5.78 Å². The van der Waals surface area contributed by atoms with E-state index in [2.05, 4.69) is 31.5 Å². The van der Waals surface area contributed by atoms with Crippen molar-refractivity contribution in [1.82, 2.24) is 31.5 Å². The molecule has 9 unspecified atom stereocenters. The number of nitrogens with two attached hydrogens (primary N) is 1. The van der Waals surface area contributed by atoms with Crippen LogP contribution < -0.4 is 32.3 Å². The highest BCUT2D eigenvalue weighted by Crippen LogP contribution is 2.46. The summed E-state index contributed by atoms with van der Waals surface area (Å²) >= 11 is 3.69. The van der Waals surface area contributed by atoms with Crippen molar-refractivity contribution in [1.29, 1.82) is 0 Å². The number of hydrogen-bond acceptors (Lipinski definition) is 12. The van der Waals surface area contributed by atoms with E-state index in [1.807, 2.05) is 23.5 Å². The van der Waals surface area contributed by atoms with Crippen LogP contribution in [0, 0.1) is 17.8 Å². The number of fused-ring (bicyclic) bond motifs is 2. The van der Waals surface area contributed by atoms with E-state index in [-0.39, 0.29) is 58.8 Å². The highest BCUT2D eigenvalue weighted by atomic mass is 32.2. The molecular formula is C27H43N7O4S2. The highest BCUT2D eigenvalue weighted by molar-refractivity contribution is 8.04. The maximum Gasteiger partial charge on any atom is 0.226 e. The molecule has 11 atom stereocenters. The van der Waals surface area contributed by atoms with Gasteiger partial charge in [0.1, 0.15) is 11.6 Å². The van der Waals surface area contributed by atoms with Gasteiger partial charge in [0.2, 0.25) is 5.91 Å². The van der Waals surface area contributed by atoms with Crippen LogP contribution in [0.25, 0.3) is 0 Å². The third-order valence-electron chi connectivity index (χ3n) is 9.80. The number of carbonyl (C=O) groups is 2. The number of amides is 1. The average molecular weight is 594 g/mol. The lowest BCUT2D eigenvalue weighted by molar-refractivity contribution is -0.125. The number of morpholine rings is 1. The Hall–Kier alpha value is -0.900. The first kappa shape index (κ1) is 27.9. The predicted octanol–water partition coefficient (Wildman–Crippen LogP) is -0.695. The van der Waals surface area contributed by atoms with Gasteiger partial charge in [-0.1, -0.05) is 12.8 Å². The fraction of sp³-hybridized carbons (Fsp3) is 0.852. The van der Waals surface area contributed by atoms with E-state index in [4.69, 9.17) is 15.2 Å². The van der Waals surface area contributed by atoms with Gasteiger partial charge in [-0.3, -0.25) is 30.9 Å². The zero-order chi connectivity index (χ0) is 27.2. The first-order chi connectivity index (χ1) is 19.5. The molecule has 6 heterocycles. The average Bonchev–Trinajstić information content (AvgIpc) is 3.69. The molecule has 0 radical (unpaired) electrons. The Morgan fingerprint density at radius 2 is 1.95 bits per heavy atom. The summed E-state index contributed by atoms with van der Waals surface area (Å²) in [4.78, 5) is 28.1. The Morgan fingerprint density at radius 1 is 1.10 bits per heavy atom. The molecule has 11 nitrogen and oxygen atoms in total. The van der Waals surface area contributed by atoms with Gasteiger partial charge in [-0.05, 0) is 25.2 Å². The van der Waals surface area contributed by atoms with Gasteiger partial charge in [0, 0.05) is 55.5 Å². The molecule has 7 N–H and O–H groups in total. The van der Waals surface area contributed by atoms with Crippen molar-refractivity contribution in [2.24, 2.45) is 23.5 Å². The van der Waals surface area contributed by atoms with E-state index in [9.17, 15) is 9.59 Å². The lowest BCUT2D eigenvalue weighted by Crippen LogP contribution is -2.67. The highest BCUT2D eigenvalue weighted by Gasteiger charge is 2.51. The molecule has 0 bridgehead atoms. The summed E-state index contributed by atoms with van der Waals surface area (Å²) in [5, 5.41) is 19.6. The largest absolute Gasteiger partial charge is 0.378 e. The molecule has 0 aromatic rings. The molecule has 6 aliphatic heterocycles. The quantitative estimate of drug-likeness (QED) is 0.232. The van der Waals surface area contributed by atoms with Gasteiger partial charge in [0.05, 0.1) is 48.3 Å². The number of hydrogen-bond donors (Lipinski definition) is 6. The van der Waals surface area contributed by atoms with Crippen LogP contribution >= 0.6 is 23.5 Å². The van der Waals surface area contributed by atoms with Crippen LogP contribution in [0.2, 0.25) is 0 Å². The van der Waals surface area contributed by atoms with E-state index in [0.717, 1.165) is 50.5 Å². The van der Waals surface area contributed by atoms with Crippen LogP contribution in [0.15, 0.2) is 11.1 Å². The minimum Gasteiger partial charge on any atom is -0.378 e. The fourth-order valence-corrected chi connectivity index (χ4v) is 10.7. The Balaban J connectivity index is 0.985. The number of rotatable bonds is 6. The summed E-state index contributed by atoms with van der Waals surface area (Å²) in [5.74, 6) is 0.710. The molecular weight excluding hydrogens is 550 g/mol. The fourth-order valence-electron chi connectivity index (χ4n) is 7.60. The van der Waals surface area contributed by atoms with Crippen LogP contribution in [-0.4, -0.2) is 109 Å². The molecule has 40 heavy (non-hydrogen) atoms. The second-order valence-electron chi connectivity index (χ2n) is 12.3. The van der Waals surface area contributed by atoms with Gasteiger partial charge in [-0.15, -0.1) is 23.5 Å². The van der Waals surface area contributed by atoms with Gasteiger partial charge in [-0.2, -0.15) is 0 Å². The Morgan fingerprint density at radius 3 is 2.80 bits per heavy atom. The molecule has 222 valence electrons. The predicted molar refractivity (Wildman–Crippen MR) is 155 cm³/mol. The zero-order valence-corrected chi connectivity index (χ0v) is 24.5. The molecule has 0 spiro atoms. The molecule has 7 rings (SSSR count). The summed E-state index contributed by atoms with van der Waals surface area (Å²) in [5.41, 5.74) is 6.46. The van der Waals surface area contributed by atoms with Crippen LogP contribution in [0.5, 0.6) is 0 Å². The standard InChI is InChI=1S/C27H43N7O4S2/c28-16-3-1-2-4-17(16)31-20-9-14-11-29-26(36)22(14)25(32-20)33-27-30-12-19(39-27)15-13-38-23-18(35)10-21(40-24(15)23)34-5-7-37-8-6-34/h10,14-17,19-20,22-25,27,30-33H,1-9,11-13,28H2,(H,29,36)/t14?,15?,16-,17+,19?,20?,22?,23?,24?,25?,27?/m1/s1. The van der Waals surface area contributed by atoms with E-state index < -0.39 is 0 Å². The minimum atomic E-state index is -0.353. The Kier molecular flexibility index (Phi) is 8.37. The summed E-state index contributed by atoms with van der Waals surface area (Å²) in [7, 11) is 0. The number of piperidine rings is 1. The topological polar surface area (TPSA) is 142 Å². The summed E-state index contributed by atoms with van der Waals surface area (Å²) < 4.78 is 11.6. The molecule has 6 fully saturated rings. The second-order valence-corrected chi connectivity index (χ2v) is 14.8. The third-order valence-corrected chi connectivity index (χ3v) is 12.7. The number of thioether (sulfide) groups is 2. The molecule has 0 aromatic heterocycles. The molecule has 7 aliphatic rings. The lowest BCUT2D eigenvalue weighted by atomic mass is 9.84. The van der Waals surface area contributed by atoms with Crippen molar-refractivity contribution in [3.05, 3.63) is 11.1 Å². The lowest BCUT2D eigenvalue weighted by Gasteiger charge is -2.42. The van der Waals surface area contributed by atoms with Gasteiger partial charge in [-0.25, -0.2) is 0 Å². The molecule has 1 amide bonds. The molecule has 5 saturated heterocycles. The molecule has 1 aliphatic carbocycles. The van der Waals surface area contributed by atoms with Crippen molar-refractivity contribution < 1.29 is 19.1 Å². The number of carbonyl (C=O) groups excluding carboxylic acids is 2. The smallest absolute Gasteiger partial charge is 0.226 e. The van der Waals surface area contributed by atoms with E-state index in [1.54, 1.807) is 6.08 Å². The van der Waals surface area contributed by atoms with Gasteiger partial charge >= 0.3 is 0 Å². The summed E-state index contributed by atoms with van der Waals surface area (Å²) in [6.45, 7) is 5.24. The molecule has 1 saturated carbocycles. The SMILES string of the molecule is N[C@@H]1CCCC[C@@H]1NC1CC2CNC(=O)C2C(NC2NCC(C3COC4C(=O)C=C(N5CCOCC5)SC43)S2)N1. The maximum atomic E-state index is 13.0. The van der Waals surface area contributed by atoms with Gasteiger partial charge < -0.3 is 25.4 Å². The first-order valence-electron chi connectivity index (χ1n) is 15.1. The van der Waals surface area contributed by atoms with Crippen LogP contribution in [-0.2, 0) is 19.1 Å². The number of nitrogens with one attached hydrogen (secondary N) is 5. The van der Waals surface area contributed by atoms with Crippen molar-refractivity contribution in [3.8, 4) is 0 Å². The first-order valence-corrected chi connectivity index (χ1v) is 16.9. The summed E-state index contributed by atoms with van der Waals surface area (Å²) in [6.07, 6.45) is 6.96. The van der Waals surface area contributed by atoms with E-state index in [1.165, 1.54) is 12.8 Å². The van der Waals surface area contributed by atoms with Crippen molar-refractivity contribution in [2.45, 2.75) is 78.6 Å². The summed E-state index contributed by atoms with van der Waals surface area (Å²) in [6, 6.07) is 0.510. The zero-order valence-electron chi connectivity index (χ0n) is 22.9. The number of ether oxygens (including phenoxy) is 2. The third kappa shape index (κ3) is 5.58. The van der Waals surface area contributed by atoms with E-state index in [0.29, 0.717) is 37.0 Å². The van der Waals surface area contributed by atoms with Crippen molar-refractivity contribution in [2.75, 3.05) is 46.0 Å². The Labute approximate surface area is 244 Å². The van der Waals surface area contributed by atoms with Crippen molar-refractivity contribution >= 4 is 35.2 Å². The number of nitrogens with zero attached hydrogens (tertiary/aromatic N) is 1. The number of ketones is 1. The van der Waals surface area contributed by atoms with Gasteiger partial charge in [0.25, 0.3) is 0 Å². The minimum absolute atomic E-state index is 0.0184. The second kappa shape index (κ2) is 12.0. The van der Waals surface area contributed by atoms with Crippen LogP contribution in [0.4, 0.5) is 0 Å². The monoisotopic (exact) mass is 593 g/mol. The normalized spacial score (nSPS) is 45.7. The molecule has 13 heteroatoms. The van der Waals surface area contributed by atoms with Crippen molar-refractivity contribution in [3.63, 3.8) is 0 Å². The molecule has 0 aromatic carbocycles. The van der Waals surface area contributed by atoms with Crippen LogP contribution in [0.3, 0.4) is 0 Å². The Bertz CT molecular complexity index is 1000.